The highest BCUT2D eigenvalue weighted by Gasteiger charge is 2.31. The standard InChI is InChI=1S/C19H12F3N3O2/c20-19(21,22)13-8-15-18(24-9-13)27-17(25-15)14-6-7-23-10-16(14)26-11-12-4-2-1-3-5-12/h1-10H,11H2. The first-order valence-corrected chi connectivity index (χ1v) is 7.95. The molecule has 5 nitrogen and oxygen atoms in total. The van der Waals surface area contributed by atoms with Crippen molar-refractivity contribution in [2.45, 2.75) is 12.8 Å². The summed E-state index contributed by atoms with van der Waals surface area (Å²) in [5.74, 6) is 0.520. The van der Waals surface area contributed by atoms with Gasteiger partial charge in [-0.05, 0) is 17.7 Å². The molecule has 0 saturated carbocycles. The molecular weight excluding hydrogens is 359 g/mol. The zero-order valence-corrected chi connectivity index (χ0v) is 13.8. The number of fused-ring (bicyclic) bond motifs is 1. The first kappa shape index (κ1) is 17.0. The molecule has 0 saturated heterocycles. The summed E-state index contributed by atoms with van der Waals surface area (Å²) in [5.41, 5.74) is 0.591. The van der Waals surface area contributed by atoms with Crippen molar-refractivity contribution in [1.82, 2.24) is 15.0 Å². The average molecular weight is 371 g/mol. The van der Waals surface area contributed by atoms with Gasteiger partial charge in [-0.15, -0.1) is 0 Å². The van der Waals surface area contributed by atoms with Crippen LogP contribution >= 0.6 is 0 Å². The molecule has 0 aliphatic rings. The number of rotatable bonds is 4. The maximum atomic E-state index is 12.8. The first-order valence-electron chi connectivity index (χ1n) is 7.95. The quantitative estimate of drug-likeness (QED) is 0.512. The fourth-order valence-corrected chi connectivity index (χ4v) is 2.50. The zero-order chi connectivity index (χ0) is 18.9. The van der Waals surface area contributed by atoms with E-state index in [1.54, 1.807) is 6.07 Å². The molecule has 0 spiro atoms. The van der Waals surface area contributed by atoms with Gasteiger partial charge in [0.1, 0.15) is 12.1 Å². The minimum Gasteiger partial charge on any atom is -0.486 e. The van der Waals surface area contributed by atoms with Crippen LogP contribution in [-0.4, -0.2) is 15.0 Å². The van der Waals surface area contributed by atoms with E-state index in [0.717, 1.165) is 17.8 Å². The van der Waals surface area contributed by atoms with Gasteiger partial charge in [-0.25, -0.2) is 9.97 Å². The van der Waals surface area contributed by atoms with Gasteiger partial charge < -0.3 is 9.15 Å². The van der Waals surface area contributed by atoms with Crippen molar-refractivity contribution in [3.8, 4) is 17.2 Å². The molecule has 4 aromatic rings. The smallest absolute Gasteiger partial charge is 0.417 e. The van der Waals surface area contributed by atoms with E-state index in [1.807, 2.05) is 30.3 Å². The molecule has 136 valence electrons. The van der Waals surface area contributed by atoms with Crippen LogP contribution in [0, 0.1) is 0 Å². The number of pyridine rings is 2. The van der Waals surface area contributed by atoms with Gasteiger partial charge in [-0.1, -0.05) is 30.3 Å². The Hall–Kier alpha value is -3.42. The van der Waals surface area contributed by atoms with Crippen LogP contribution in [-0.2, 0) is 12.8 Å². The lowest BCUT2D eigenvalue weighted by Gasteiger charge is -2.08. The Balaban J connectivity index is 1.67. The Kier molecular flexibility index (Phi) is 4.23. The molecule has 0 fully saturated rings. The van der Waals surface area contributed by atoms with Crippen LogP contribution in [0.5, 0.6) is 5.75 Å². The number of benzene rings is 1. The summed E-state index contributed by atoms with van der Waals surface area (Å²) in [4.78, 5) is 11.9. The monoisotopic (exact) mass is 371 g/mol. The summed E-state index contributed by atoms with van der Waals surface area (Å²) in [6.45, 7) is 0.302. The van der Waals surface area contributed by atoms with Crippen LogP contribution in [0.4, 0.5) is 13.2 Å². The summed E-state index contributed by atoms with van der Waals surface area (Å²) < 4.78 is 49.8. The Morgan fingerprint density at radius 2 is 1.85 bits per heavy atom. The van der Waals surface area contributed by atoms with Crippen molar-refractivity contribution in [1.29, 1.82) is 0 Å². The molecule has 0 bridgehead atoms. The summed E-state index contributed by atoms with van der Waals surface area (Å²) in [6, 6.07) is 12.0. The Bertz CT molecular complexity index is 1080. The van der Waals surface area contributed by atoms with Gasteiger partial charge in [0.2, 0.25) is 11.6 Å². The van der Waals surface area contributed by atoms with Crippen LogP contribution in [0.25, 0.3) is 22.7 Å². The largest absolute Gasteiger partial charge is 0.486 e. The molecule has 8 heteroatoms. The van der Waals surface area contributed by atoms with Crippen LogP contribution in [0.1, 0.15) is 11.1 Å². The van der Waals surface area contributed by atoms with Crippen LogP contribution in [0.15, 0.2) is 65.5 Å². The number of hydrogen-bond acceptors (Lipinski definition) is 5. The highest BCUT2D eigenvalue weighted by Crippen LogP contribution is 2.34. The van der Waals surface area contributed by atoms with Gasteiger partial charge >= 0.3 is 6.18 Å². The van der Waals surface area contributed by atoms with E-state index < -0.39 is 11.7 Å². The van der Waals surface area contributed by atoms with Crippen molar-refractivity contribution in [2.24, 2.45) is 0 Å². The molecule has 0 radical (unpaired) electrons. The molecule has 27 heavy (non-hydrogen) atoms. The number of hydrogen-bond donors (Lipinski definition) is 0. The summed E-state index contributed by atoms with van der Waals surface area (Å²) in [7, 11) is 0. The van der Waals surface area contributed by atoms with Gasteiger partial charge in [0.25, 0.3) is 0 Å². The molecular formula is C19H12F3N3O2. The van der Waals surface area contributed by atoms with Crippen LogP contribution in [0.3, 0.4) is 0 Å². The van der Waals surface area contributed by atoms with Crippen LogP contribution < -0.4 is 4.74 Å². The third kappa shape index (κ3) is 3.59. The molecule has 0 N–H and O–H groups in total. The Morgan fingerprint density at radius 3 is 2.63 bits per heavy atom. The predicted molar refractivity (Wildman–Crippen MR) is 90.8 cm³/mol. The SMILES string of the molecule is FC(F)(F)c1cnc2oc(-c3ccncc3OCc3ccccc3)nc2c1. The number of ether oxygens (including phenoxy) is 1. The molecule has 0 amide bonds. The maximum Gasteiger partial charge on any atom is 0.417 e. The van der Waals surface area contributed by atoms with E-state index in [9.17, 15) is 13.2 Å². The van der Waals surface area contributed by atoms with E-state index in [4.69, 9.17) is 9.15 Å². The Labute approximate surface area is 151 Å². The van der Waals surface area contributed by atoms with Gasteiger partial charge in [-0.2, -0.15) is 13.2 Å². The summed E-state index contributed by atoms with van der Waals surface area (Å²) >= 11 is 0. The van der Waals surface area contributed by atoms with Gasteiger partial charge in [0.15, 0.2) is 5.75 Å². The fourth-order valence-electron chi connectivity index (χ4n) is 2.50. The number of nitrogens with zero attached hydrogens (tertiary/aromatic N) is 3. The molecule has 1 aromatic carbocycles. The van der Waals surface area contributed by atoms with Crippen LogP contribution in [0.2, 0.25) is 0 Å². The lowest BCUT2D eigenvalue weighted by molar-refractivity contribution is -0.137. The maximum absolute atomic E-state index is 12.8. The van der Waals surface area contributed by atoms with E-state index in [-0.39, 0.29) is 17.1 Å². The second-order valence-electron chi connectivity index (χ2n) is 5.71. The highest BCUT2D eigenvalue weighted by atomic mass is 19.4. The first-order chi connectivity index (χ1) is 13.0. The van der Waals surface area contributed by atoms with Crippen molar-refractivity contribution < 1.29 is 22.3 Å². The zero-order valence-electron chi connectivity index (χ0n) is 13.8. The number of halogens is 3. The van der Waals surface area contributed by atoms with Gasteiger partial charge in [-0.3, -0.25) is 4.98 Å². The normalized spacial score (nSPS) is 11.7. The van der Waals surface area contributed by atoms with Crippen molar-refractivity contribution >= 4 is 11.2 Å². The molecule has 3 aromatic heterocycles. The second-order valence-corrected chi connectivity index (χ2v) is 5.71. The third-order valence-corrected chi connectivity index (χ3v) is 3.83. The lowest BCUT2D eigenvalue weighted by atomic mass is 10.2. The predicted octanol–water partition coefficient (Wildman–Crippen LogP) is 4.88. The molecule has 4 rings (SSSR count). The average Bonchev–Trinajstić information content (AvgIpc) is 3.10. The van der Waals surface area contributed by atoms with Crippen molar-refractivity contribution in [2.75, 3.05) is 0 Å². The van der Waals surface area contributed by atoms with Gasteiger partial charge in [0, 0.05) is 12.4 Å². The van der Waals surface area contributed by atoms with Gasteiger partial charge in [0.05, 0.1) is 17.3 Å². The molecule has 0 unspecified atom stereocenters. The molecule has 0 aliphatic carbocycles. The molecule has 3 heterocycles. The van der Waals surface area contributed by atoms with E-state index in [0.29, 0.717) is 17.9 Å². The third-order valence-electron chi connectivity index (χ3n) is 3.83. The number of alkyl halides is 3. The highest BCUT2D eigenvalue weighted by molar-refractivity contribution is 5.74. The topological polar surface area (TPSA) is 61.0 Å². The lowest BCUT2D eigenvalue weighted by Crippen LogP contribution is -2.04. The molecule has 0 aliphatic heterocycles. The number of aromatic nitrogens is 3. The van der Waals surface area contributed by atoms with E-state index in [1.165, 1.54) is 12.4 Å². The Morgan fingerprint density at radius 1 is 1.04 bits per heavy atom. The minimum absolute atomic E-state index is 0.0174. The molecule has 0 atom stereocenters. The number of oxazole rings is 1. The van der Waals surface area contributed by atoms with E-state index in [2.05, 4.69) is 15.0 Å². The van der Waals surface area contributed by atoms with Crippen molar-refractivity contribution in [3.63, 3.8) is 0 Å². The second kappa shape index (κ2) is 6.71. The minimum atomic E-state index is -4.50. The van der Waals surface area contributed by atoms with Crippen molar-refractivity contribution in [3.05, 3.63) is 72.2 Å². The fraction of sp³-hybridized carbons (Fsp3) is 0.105. The van der Waals surface area contributed by atoms with E-state index >= 15 is 0 Å². The summed E-state index contributed by atoms with van der Waals surface area (Å²) in [5, 5.41) is 0. The summed E-state index contributed by atoms with van der Waals surface area (Å²) in [6.07, 6.45) is -0.757.